The van der Waals surface area contributed by atoms with Crippen molar-refractivity contribution in [2.75, 3.05) is 0 Å². The van der Waals surface area contributed by atoms with Gasteiger partial charge in [-0.3, -0.25) is 4.68 Å². The van der Waals surface area contributed by atoms with Gasteiger partial charge in [0.1, 0.15) is 5.56 Å². The van der Waals surface area contributed by atoms with E-state index in [4.69, 9.17) is 5.11 Å². The zero-order valence-corrected chi connectivity index (χ0v) is 9.79. The summed E-state index contributed by atoms with van der Waals surface area (Å²) in [6.45, 7) is 1.38. The molecule has 100 valence electrons. The molecule has 0 saturated heterocycles. The molecule has 0 spiro atoms. The first-order valence-electron chi connectivity index (χ1n) is 5.72. The third kappa shape index (κ3) is 2.09. The van der Waals surface area contributed by atoms with Crippen molar-refractivity contribution in [2.45, 2.75) is 44.8 Å². The molecule has 0 unspecified atom stereocenters. The Morgan fingerprint density at radius 3 is 2.33 bits per heavy atom. The zero-order valence-electron chi connectivity index (χ0n) is 9.79. The topological polar surface area (TPSA) is 55.1 Å². The molecular formula is C11H13F3N2O2. The number of carboxylic acids is 1. The van der Waals surface area contributed by atoms with E-state index in [-0.39, 0.29) is 11.7 Å². The van der Waals surface area contributed by atoms with Crippen LogP contribution in [0.25, 0.3) is 0 Å². The maximum absolute atomic E-state index is 12.7. The summed E-state index contributed by atoms with van der Waals surface area (Å²) in [5.41, 5.74) is -1.93. The molecule has 1 saturated carbocycles. The van der Waals surface area contributed by atoms with Crippen molar-refractivity contribution in [3.63, 3.8) is 0 Å². The second-order valence-electron chi connectivity index (χ2n) is 4.49. The third-order valence-corrected chi connectivity index (χ3v) is 3.30. The summed E-state index contributed by atoms with van der Waals surface area (Å²) >= 11 is 0. The Labute approximate surface area is 101 Å². The first-order chi connectivity index (χ1) is 8.32. The minimum atomic E-state index is -4.73. The molecule has 0 radical (unpaired) electrons. The molecule has 7 heteroatoms. The van der Waals surface area contributed by atoms with Crippen LogP contribution in [0.5, 0.6) is 0 Å². The molecule has 0 aromatic carbocycles. The number of hydrogen-bond donors (Lipinski definition) is 1. The minimum absolute atomic E-state index is 0.0849. The van der Waals surface area contributed by atoms with E-state index in [1.807, 2.05) is 0 Å². The highest BCUT2D eigenvalue weighted by Crippen LogP contribution is 2.36. The van der Waals surface area contributed by atoms with Gasteiger partial charge in [0.05, 0.1) is 11.7 Å². The number of aromatic nitrogens is 2. The standard InChI is InChI=1S/C11H13F3N2O2/c1-6-8(10(17)18)9(11(12,13)14)15-16(6)7-4-2-3-5-7/h7H,2-5H2,1H3,(H,17,18). The van der Waals surface area contributed by atoms with E-state index in [0.29, 0.717) is 0 Å². The molecule has 4 nitrogen and oxygen atoms in total. The van der Waals surface area contributed by atoms with Crippen molar-refractivity contribution in [3.05, 3.63) is 17.0 Å². The lowest BCUT2D eigenvalue weighted by molar-refractivity contribution is -0.142. The quantitative estimate of drug-likeness (QED) is 0.891. The smallest absolute Gasteiger partial charge is 0.436 e. The zero-order chi connectivity index (χ0) is 13.5. The van der Waals surface area contributed by atoms with Gasteiger partial charge in [-0.2, -0.15) is 18.3 Å². The number of carboxylic acid groups (broad SMARTS) is 1. The normalized spacial score (nSPS) is 17.3. The molecule has 0 aliphatic heterocycles. The molecule has 0 atom stereocenters. The second-order valence-corrected chi connectivity index (χ2v) is 4.49. The minimum Gasteiger partial charge on any atom is -0.478 e. The Morgan fingerprint density at radius 2 is 1.94 bits per heavy atom. The van der Waals surface area contributed by atoms with Crippen LogP contribution in [-0.2, 0) is 6.18 Å². The molecule has 1 N–H and O–H groups in total. The van der Waals surface area contributed by atoms with Crippen LogP contribution in [-0.4, -0.2) is 20.9 Å². The van der Waals surface area contributed by atoms with Gasteiger partial charge in [-0.05, 0) is 19.8 Å². The van der Waals surface area contributed by atoms with Gasteiger partial charge in [0.25, 0.3) is 0 Å². The predicted molar refractivity (Wildman–Crippen MR) is 56.4 cm³/mol. The first-order valence-corrected chi connectivity index (χ1v) is 5.72. The molecule has 1 aliphatic rings. The van der Waals surface area contributed by atoms with Gasteiger partial charge in [-0.1, -0.05) is 12.8 Å². The Kier molecular flexibility index (Phi) is 3.08. The molecular weight excluding hydrogens is 249 g/mol. The third-order valence-electron chi connectivity index (χ3n) is 3.30. The lowest BCUT2D eigenvalue weighted by Gasteiger charge is -2.11. The van der Waals surface area contributed by atoms with Crippen molar-refractivity contribution in [1.29, 1.82) is 0 Å². The van der Waals surface area contributed by atoms with E-state index in [9.17, 15) is 18.0 Å². The van der Waals surface area contributed by atoms with Crippen molar-refractivity contribution < 1.29 is 23.1 Å². The average molecular weight is 262 g/mol. The largest absolute Gasteiger partial charge is 0.478 e. The number of carbonyl (C=O) groups is 1. The van der Waals surface area contributed by atoms with Gasteiger partial charge >= 0.3 is 12.1 Å². The highest BCUT2D eigenvalue weighted by molar-refractivity contribution is 5.90. The van der Waals surface area contributed by atoms with Gasteiger partial charge in [-0.25, -0.2) is 4.79 Å². The summed E-state index contributed by atoms with van der Waals surface area (Å²) in [5, 5.41) is 12.4. The Morgan fingerprint density at radius 1 is 1.39 bits per heavy atom. The Hall–Kier alpha value is -1.53. The van der Waals surface area contributed by atoms with Crippen LogP contribution in [0.4, 0.5) is 13.2 Å². The number of halogens is 3. The van der Waals surface area contributed by atoms with Crippen LogP contribution in [0, 0.1) is 6.92 Å². The molecule has 1 aromatic rings. The molecule has 2 rings (SSSR count). The van der Waals surface area contributed by atoms with E-state index in [1.54, 1.807) is 0 Å². The van der Waals surface area contributed by atoms with Crippen molar-refractivity contribution in [2.24, 2.45) is 0 Å². The monoisotopic (exact) mass is 262 g/mol. The van der Waals surface area contributed by atoms with Crippen LogP contribution >= 0.6 is 0 Å². The van der Waals surface area contributed by atoms with Crippen molar-refractivity contribution >= 4 is 5.97 Å². The second kappa shape index (κ2) is 4.29. The highest BCUT2D eigenvalue weighted by Gasteiger charge is 2.41. The maximum atomic E-state index is 12.7. The van der Waals surface area contributed by atoms with Crippen LogP contribution in [0.1, 0.15) is 53.5 Å². The maximum Gasteiger partial charge on any atom is 0.436 e. The molecule has 1 aromatic heterocycles. The number of aromatic carboxylic acids is 1. The molecule has 18 heavy (non-hydrogen) atoms. The van der Waals surface area contributed by atoms with Crippen LogP contribution in [0.15, 0.2) is 0 Å². The van der Waals surface area contributed by atoms with E-state index in [0.717, 1.165) is 25.7 Å². The average Bonchev–Trinajstić information content (AvgIpc) is 2.81. The van der Waals surface area contributed by atoms with Crippen LogP contribution in [0.3, 0.4) is 0 Å². The first kappa shape index (κ1) is 12.9. The summed E-state index contributed by atoms with van der Waals surface area (Å²) in [6, 6.07) is -0.112. The lowest BCUT2D eigenvalue weighted by atomic mass is 10.1. The molecule has 1 aliphatic carbocycles. The summed E-state index contributed by atoms with van der Waals surface area (Å²) in [7, 11) is 0. The van der Waals surface area contributed by atoms with E-state index in [1.165, 1.54) is 11.6 Å². The van der Waals surface area contributed by atoms with Gasteiger partial charge < -0.3 is 5.11 Å². The van der Waals surface area contributed by atoms with E-state index < -0.39 is 23.4 Å². The fourth-order valence-electron chi connectivity index (χ4n) is 2.48. The van der Waals surface area contributed by atoms with E-state index in [2.05, 4.69) is 5.10 Å². The lowest BCUT2D eigenvalue weighted by Crippen LogP contribution is -2.13. The van der Waals surface area contributed by atoms with Gasteiger partial charge in [0.15, 0.2) is 5.69 Å². The summed E-state index contributed by atoms with van der Waals surface area (Å²) in [6.07, 6.45) is -1.36. The molecule has 0 amide bonds. The molecule has 1 heterocycles. The summed E-state index contributed by atoms with van der Waals surface area (Å²) < 4.78 is 39.5. The van der Waals surface area contributed by atoms with Gasteiger partial charge in [0.2, 0.25) is 0 Å². The predicted octanol–water partition coefficient (Wildman–Crippen LogP) is 3.02. The van der Waals surface area contributed by atoms with E-state index >= 15 is 0 Å². The Bertz CT molecular complexity index is 473. The number of alkyl halides is 3. The van der Waals surface area contributed by atoms with Gasteiger partial charge in [-0.15, -0.1) is 0 Å². The van der Waals surface area contributed by atoms with Gasteiger partial charge in [0, 0.05) is 0 Å². The SMILES string of the molecule is Cc1c(C(=O)O)c(C(F)(F)F)nn1C1CCCC1. The highest BCUT2D eigenvalue weighted by atomic mass is 19.4. The fourth-order valence-corrected chi connectivity index (χ4v) is 2.48. The fraction of sp³-hybridized carbons (Fsp3) is 0.636. The van der Waals surface area contributed by atoms with Crippen LogP contribution < -0.4 is 0 Å². The van der Waals surface area contributed by atoms with Crippen molar-refractivity contribution in [1.82, 2.24) is 9.78 Å². The summed E-state index contributed by atoms with van der Waals surface area (Å²) in [5.74, 6) is -1.58. The number of nitrogens with zero attached hydrogens (tertiary/aromatic N) is 2. The Balaban J connectivity index is 2.53. The van der Waals surface area contributed by atoms with Crippen LogP contribution in [0.2, 0.25) is 0 Å². The molecule has 1 fully saturated rings. The number of rotatable bonds is 2. The number of hydrogen-bond acceptors (Lipinski definition) is 2. The molecule has 0 bridgehead atoms. The summed E-state index contributed by atoms with van der Waals surface area (Å²) in [4.78, 5) is 11.0. The van der Waals surface area contributed by atoms with Crippen molar-refractivity contribution in [3.8, 4) is 0 Å².